The van der Waals surface area contributed by atoms with Gasteiger partial charge < -0.3 is 23.8 Å². The maximum atomic E-state index is 6.40. The lowest BCUT2D eigenvalue weighted by atomic mass is 10.1. The molecule has 0 bridgehead atoms. The van der Waals surface area contributed by atoms with E-state index < -0.39 is 0 Å². The maximum Gasteiger partial charge on any atom is 0.162 e. The van der Waals surface area contributed by atoms with Gasteiger partial charge in [-0.3, -0.25) is 9.58 Å². The van der Waals surface area contributed by atoms with Crippen LogP contribution in [0.5, 0.6) is 23.0 Å². The molecule has 1 aliphatic heterocycles. The monoisotopic (exact) mass is 578 g/mol. The number of piperazine rings is 1. The molecule has 1 atom stereocenters. The van der Waals surface area contributed by atoms with Crippen LogP contribution in [0.4, 0.5) is 5.69 Å². The number of methoxy groups -OCH3 is 4. The van der Waals surface area contributed by atoms with E-state index in [4.69, 9.17) is 35.6 Å². The molecule has 41 heavy (non-hydrogen) atoms. The van der Waals surface area contributed by atoms with Gasteiger partial charge in [0.15, 0.2) is 23.0 Å². The van der Waals surface area contributed by atoms with Crippen LogP contribution < -0.4 is 23.8 Å². The number of benzene rings is 3. The lowest BCUT2D eigenvalue weighted by Crippen LogP contribution is -2.50. The van der Waals surface area contributed by atoms with Crippen molar-refractivity contribution in [1.29, 1.82) is 0 Å². The van der Waals surface area contributed by atoms with E-state index in [1.165, 1.54) is 5.69 Å². The summed E-state index contributed by atoms with van der Waals surface area (Å²) in [6.07, 6.45) is 0.821. The zero-order chi connectivity index (χ0) is 29.1. The van der Waals surface area contributed by atoms with Gasteiger partial charge >= 0.3 is 0 Å². The zero-order valence-electron chi connectivity index (χ0n) is 24.7. The lowest BCUT2D eigenvalue weighted by molar-refractivity contribution is 0.195. The number of hydrogen-bond donors (Lipinski definition) is 0. The van der Waals surface area contributed by atoms with Crippen LogP contribution >= 0.6 is 11.6 Å². The summed E-state index contributed by atoms with van der Waals surface area (Å²) in [5, 5.41) is 7.03. The van der Waals surface area contributed by atoms with Crippen LogP contribution in [0.3, 0.4) is 0 Å². The summed E-state index contributed by atoms with van der Waals surface area (Å²) in [5.74, 6) is 2.78. The summed E-state index contributed by atoms with van der Waals surface area (Å²) in [6, 6.07) is 16.5. The molecule has 0 amide bonds. The highest BCUT2D eigenvalue weighted by Gasteiger charge is 2.25. The molecule has 5 rings (SSSR count). The lowest BCUT2D eigenvalue weighted by Gasteiger charge is -2.39. The number of hydrogen-bond acceptors (Lipinski definition) is 7. The van der Waals surface area contributed by atoms with Crippen molar-refractivity contribution in [3.05, 3.63) is 70.4 Å². The van der Waals surface area contributed by atoms with Gasteiger partial charge in [-0.25, -0.2) is 0 Å². The minimum absolute atomic E-state index is 0.318. The molecule has 0 saturated carbocycles. The fourth-order valence-corrected chi connectivity index (χ4v) is 5.91. The minimum atomic E-state index is 0.318. The second-order valence-corrected chi connectivity index (χ2v) is 10.9. The van der Waals surface area contributed by atoms with Crippen LogP contribution in [0.1, 0.15) is 23.7 Å². The van der Waals surface area contributed by atoms with E-state index in [-0.39, 0.29) is 0 Å². The quantitative estimate of drug-likeness (QED) is 0.234. The molecule has 2 heterocycles. The van der Waals surface area contributed by atoms with Crippen molar-refractivity contribution in [2.45, 2.75) is 32.9 Å². The molecule has 1 unspecified atom stereocenters. The highest BCUT2D eigenvalue weighted by atomic mass is 35.5. The fraction of sp³-hybridized carbons (Fsp3) is 0.406. The second-order valence-electron chi connectivity index (χ2n) is 10.5. The molecule has 0 aliphatic carbocycles. The summed E-state index contributed by atoms with van der Waals surface area (Å²) < 4.78 is 24.3. The van der Waals surface area contributed by atoms with Crippen molar-refractivity contribution in [1.82, 2.24) is 14.7 Å². The molecule has 8 nitrogen and oxygen atoms in total. The number of halogens is 1. The van der Waals surface area contributed by atoms with Crippen LogP contribution in [0, 0.1) is 6.92 Å². The Morgan fingerprint density at radius 1 is 0.829 bits per heavy atom. The van der Waals surface area contributed by atoms with E-state index in [1.807, 2.05) is 47.1 Å². The van der Waals surface area contributed by atoms with Crippen molar-refractivity contribution in [2.75, 3.05) is 59.5 Å². The van der Waals surface area contributed by atoms with Crippen LogP contribution in [-0.4, -0.2) is 75.3 Å². The molecule has 0 N–H and O–H groups in total. The molecule has 1 aliphatic rings. The first-order valence-electron chi connectivity index (χ1n) is 13.9. The van der Waals surface area contributed by atoms with E-state index in [2.05, 4.69) is 29.7 Å². The molecule has 9 heteroatoms. The molecule has 0 radical (unpaired) electrons. The SMILES string of the molecule is COc1ccc(Cn2nc(CC(C)N3CCN(c4cccc(Cl)c4C)CC3)c3cc(OC)c(OC)cc32)cc1OC. The number of ether oxygens (including phenoxy) is 4. The number of nitrogens with zero attached hydrogens (tertiary/aromatic N) is 4. The zero-order valence-corrected chi connectivity index (χ0v) is 25.5. The van der Waals surface area contributed by atoms with Crippen LogP contribution in [0.25, 0.3) is 10.9 Å². The first-order chi connectivity index (χ1) is 19.9. The Hall–Kier alpha value is -3.62. The van der Waals surface area contributed by atoms with Gasteiger partial charge in [-0.2, -0.15) is 5.10 Å². The van der Waals surface area contributed by atoms with Crippen LogP contribution in [-0.2, 0) is 13.0 Å². The van der Waals surface area contributed by atoms with Crippen molar-refractivity contribution in [3.63, 3.8) is 0 Å². The third-order valence-corrected chi connectivity index (χ3v) is 8.53. The van der Waals surface area contributed by atoms with Gasteiger partial charge in [0.2, 0.25) is 0 Å². The molecule has 3 aromatic carbocycles. The summed E-state index contributed by atoms with van der Waals surface area (Å²) in [5.41, 5.74) is 5.48. The summed E-state index contributed by atoms with van der Waals surface area (Å²) in [6.45, 7) is 8.86. The highest BCUT2D eigenvalue weighted by molar-refractivity contribution is 6.31. The molecular weight excluding hydrogens is 540 g/mol. The van der Waals surface area contributed by atoms with Gasteiger partial charge in [-0.05, 0) is 55.3 Å². The largest absolute Gasteiger partial charge is 0.493 e. The van der Waals surface area contributed by atoms with Gasteiger partial charge in [-0.15, -0.1) is 0 Å². The minimum Gasteiger partial charge on any atom is -0.493 e. The van der Waals surface area contributed by atoms with Crippen molar-refractivity contribution >= 4 is 28.2 Å². The van der Waals surface area contributed by atoms with Gasteiger partial charge in [-0.1, -0.05) is 23.7 Å². The van der Waals surface area contributed by atoms with Gasteiger partial charge in [0, 0.05) is 60.8 Å². The summed E-state index contributed by atoms with van der Waals surface area (Å²) in [7, 11) is 6.62. The first-order valence-corrected chi connectivity index (χ1v) is 14.3. The molecule has 218 valence electrons. The molecule has 4 aromatic rings. The molecule has 1 aromatic heterocycles. The third kappa shape index (κ3) is 5.90. The molecule has 1 saturated heterocycles. The second kappa shape index (κ2) is 12.5. The van der Waals surface area contributed by atoms with E-state index in [0.29, 0.717) is 35.6 Å². The Morgan fingerprint density at radius 2 is 1.49 bits per heavy atom. The topological polar surface area (TPSA) is 61.2 Å². The molecule has 1 fully saturated rings. The van der Waals surface area contributed by atoms with E-state index >= 15 is 0 Å². The van der Waals surface area contributed by atoms with E-state index in [0.717, 1.165) is 65.3 Å². The number of anilines is 1. The van der Waals surface area contributed by atoms with Crippen LogP contribution in [0.2, 0.25) is 5.02 Å². The van der Waals surface area contributed by atoms with Crippen LogP contribution in [0.15, 0.2) is 48.5 Å². The Kier molecular flexibility index (Phi) is 8.80. The standard InChI is InChI=1S/C32H39ClN4O4/c1-21(35-12-14-36(15-13-35)27-9-7-8-25(33)22(27)2)16-26-24-18-31(40-5)32(41-6)19-28(24)37(34-26)20-23-10-11-29(38-3)30(17-23)39-4/h7-11,17-19,21H,12-16,20H2,1-6H3. The normalized spacial score (nSPS) is 14.8. The summed E-state index contributed by atoms with van der Waals surface area (Å²) >= 11 is 6.40. The average Bonchev–Trinajstić information content (AvgIpc) is 3.32. The smallest absolute Gasteiger partial charge is 0.162 e. The predicted molar refractivity (Wildman–Crippen MR) is 165 cm³/mol. The maximum absolute atomic E-state index is 6.40. The number of aromatic nitrogens is 2. The Labute approximate surface area is 247 Å². The van der Waals surface area contributed by atoms with Crippen molar-refractivity contribution in [2.24, 2.45) is 0 Å². The number of rotatable bonds is 10. The highest BCUT2D eigenvalue weighted by Crippen LogP contribution is 2.35. The van der Waals surface area contributed by atoms with Gasteiger partial charge in [0.25, 0.3) is 0 Å². The van der Waals surface area contributed by atoms with E-state index in [9.17, 15) is 0 Å². The average molecular weight is 579 g/mol. The van der Waals surface area contributed by atoms with Gasteiger partial charge in [0.1, 0.15) is 0 Å². The summed E-state index contributed by atoms with van der Waals surface area (Å²) in [4.78, 5) is 4.99. The van der Waals surface area contributed by atoms with Crippen molar-refractivity contribution < 1.29 is 18.9 Å². The first kappa shape index (κ1) is 28.9. The number of fused-ring (bicyclic) bond motifs is 1. The fourth-order valence-electron chi connectivity index (χ4n) is 5.74. The third-order valence-electron chi connectivity index (χ3n) is 8.12. The Morgan fingerprint density at radius 3 is 2.17 bits per heavy atom. The van der Waals surface area contributed by atoms with E-state index in [1.54, 1.807) is 28.4 Å². The Balaban J connectivity index is 1.39. The van der Waals surface area contributed by atoms with Crippen molar-refractivity contribution in [3.8, 4) is 23.0 Å². The Bertz CT molecular complexity index is 1510. The van der Waals surface area contributed by atoms with Gasteiger partial charge in [0.05, 0.1) is 46.2 Å². The molecule has 0 spiro atoms. The predicted octanol–water partition coefficient (Wildman–Crippen LogP) is 5.83. The molecular formula is C32H39ClN4O4.